The fraction of sp³-hybridized carbons (Fsp3) is 0.526. The van der Waals surface area contributed by atoms with Gasteiger partial charge in [-0.15, -0.1) is 10.2 Å². The van der Waals surface area contributed by atoms with Gasteiger partial charge in [0.1, 0.15) is 17.9 Å². The zero-order valence-corrected chi connectivity index (χ0v) is 15.0. The molecule has 25 heavy (non-hydrogen) atoms. The van der Waals surface area contributed by atoms with Gasteiger partial charge in [-0.1, -0.05) is 18.2 Å². The minimum absolute atomic E-state index is 0.0545. The van der Waals surface area contributed by atoms with Crippen LogP contribution in [-0.4, -0.2) is 45.3 Å². The van der Waals surface area contributed by atoms with Crippen molar-refractivity contribution in [2.24, 2.45) is 5.92 Å². The second-order valence-corrected chi connectivity index (χ2v) is 6.90. The van der Waals surface area contributed by atoms with Crippen LogP contribution in [0.1, 0.15) is 38.6 Å². The number of aromatic nitrogens is 3. The van der Waals surface area contributed by atoms with Crippen molar-refractivity contribution in [3.63, 3.8) is 0 Å². The van der Waals surface area contributed by atoms with Crippen molar-refractivity contribution in [3.05, 3.63) is 42.5 Å². The largest absolute Gasteiger partial charge is 0.484 e. The quantitative estimate of drug-likeness (QED) is 0.810. The molecule has 1 amide bonds. The Kier molecular flexibility index (Phi) is 5.68. The van der Waals surface area contributed by atoms with Crippen LogP contribution in [0.3, 0.4) is 0 Å². The maximum Gasteiger partial charge on any atom is 0.260 e. The molecule has 0 saturated carbocycles. The molecule has 1 aromatic carbocycles. The van der Waals surface area contributed by atoms with E-state index < -0.39 is 0 Å². The lowest BCUT2D eigenvalue weighted by Gasteiger charge is -2.32. The lowest BCUT2D eigenvalue weighted by atomic mass is 9.94. The molecule has 134 valence electrons. The highest BCUT2D eigenvalue weighted by Gasteiger charge is 2.25. The summed E-state index contributed by atoms with van der Waals surface area (Å²) in [6.07, 6.45) is 4.80. The van der Waals surface area contributed by atoms with Gasteiger partial charge >= 0.3 is 0 Å². The van der Waals surface area contributed by atoms with E-state index in [1.165, 1.54) is 0 Å². The molecule has 1 aromatic heterocycles. The normalized spacial score (nSPS) is 17.7. The maximum atomic E-state index is 12.5. The van der Waals surface area contributed by atoms with Crippen LogP contribution < -0.4 is 4.74 Å². The first-order chi connectivity index (χ1) is 12.1. The first-order valence-electron chi connectivity index (χ1n) is 8.97. The van der Waals surface area contributed by atoms with E-state index in [1.807, 2.05) is 35.2 Å². The van der Waals surface area contributed by atoms with Crippen LogP contribution in [0.4, 0.5) is 0 Å². The standard InChI is InChI=1S/C19H26N4O2/c1-15(2)23-14-20-21-18(23)11-16-7-6-10-22(12-16)19(24)13-25-17-8-4-3-5-9-17/h3-5,8-9,14-16H,6-7,10-13H2,1-2H3. The molecule has 6 heteroatoms. The Balaban J connectivity index is 1.53. The molecule has 1 atom stereocenters. The molecule has 1 aliphatic rings. The van der Waals surface area contributed by atoms with Crippen molar-refractivity contribution in [3.8, 4) is 5.75 Å². The van der Waals surface area contributed by atoms with Crippen LogP contribution in [0.25, 0.3) is 0 Å². The lowest BCUT2D eigenvalue weighted by Crippen LogP contribution is -2.43. The van der Waals surface area contributed by atoms with Gasteiger partial charge < -0.3 is 14.2 Å². The summed E-state index contributed by atoms with van der Waals surface area (Å²) in [5.41, 5.74) is 0. The van der Waals surface area contributed by atoms with E-state index in [2.05, 4.69) is 28.6 Å². The van der Waals surface area contributed by atoms with E-state index in [0.29, 0.717) is 12.0 Å². The number of amides is 1. The Hall–Kier alpha value is -2.37. The lowest BCUT2D eigenvalue weighted by molar-refractivity contribution is -0.135. The first-order valence-corrected chi connectivity index (χ1v) is 8.97. The zero-order chi connectivity index (χ0) is 17.6. The third kappa shape index (κ3) is 4.59. The minimum atomic E-state index is 0.0545. The maximum absolute atomic E-state index is 12.5. The number of hydrogen-bond donors (Lipinski definition) is 0. The molecular formula is C19H26N4O2. The summed E-state index contributed by atoms with van der Waals surface area (Å²) in [7, 11) is 0. The van der Waals surface area contributed by atoms with Gasteiger partial charge in [0.05, 0.1) is 0 Å². The Morgan fingerprint density at radius 1 is 1.32 bits per heavy atom. The molecule has 1 unspecified atom stereocenters. The van der Waals surface area contributed by atoms with Gasteiger partial charge in [-0.05, 0) is 44.7 Å². The fourth-order valence-corrected chi connectivity index (χ4v) is 3.31. The van der Waals surface area contributed by atoms with Crippen LogP contribution in [0.5, 0.6) is 5.75 Å². The van der Waals surface area contributed by atoms with Gasteiger partial charge in [0, 0.05) is 25.6 Å². The zero-order valence-electron chi connectivity index (χ0n) is 15.0. The molecule has 6 nitrogen and oxygen atoms in total. The Morgan fingerprint density at radius 3 is 2.88 bits per heavy atom. The fourth-order valence-electron chi connectivity index (χ4n) is 3.31. The second kappa shape index (κ2) is 8.14. The van der Waals surface area contributed by atoms with E-state index in [4.69, 9.17) is 4.74 Å². The highest BCUT2D eigenvalue weighted by Crippen LogP contribution is 2.21. The monoisotopic (exact) mass is 342 g/mol. The smallest absolute Gasteiger partial charge is 0.260 e. The molecule has 0 spiro atoms. The highest BCUT2D eigenvalue weighted by molar-refractivity contribution is 5.77. The van der Waals surface area contributed by atoms with Gasteiger partial charge in [0.2, 0.25) is 0 Å². The van der Waals surface area contributed by atoms with E-state index in [1.54, 1.807) is 6.33 Å². The van der Waals surface area contributed by atoms with Gasteiger partial charge in [0.25, 0.3) is 5.91 Å². The van der Waals surface area contributed by atoms with Crippen LogP contribution in [0, 0.1) is 5.92 Å². The number of carbonyl (C=O) groups is 1. The molecule has 0 radical (unpaired) electrons. The van der Waals surface area contributed by atoms with Crippen molar-refractivity contribution in [1.29, 1.82) is 0 Å². The summed E-state index contributed by atoms with van der Waals surface area (Å²) in [4.78, 5) is 14.4. The second-order valence-electron chi connectivity index (χ2n) is 6.90. The number of rotatable bonds is 6. The number of benzene rings is 1. The van der Waals surface area contributed by atoms with E-state index in [9.17, 15) is 4.79 Å². The third-order valence-electron chi connectivity index (χ3n) is 4.65. The average Bonchev–Trinajstić information content (AvgIpc) is 3.09. The summed E-state index contributed by atoms with van der Waals surface area (Å²) < 4.78 is 7.71. The van der Waals surface area contributed by atoms with E-state index >= 15 is 0 Å². The van der Waals surface area contributed by atoms with Crippen molar-refractivity contribution >= 4 is 5.91 Å². The van der Waals surface area contributed by atoms with E-state index in [-0.39, 0.29) is 12.5 Å². The molecule has 0 N–H and O–H groups in total. The number of para-hydroxylation sites is 1. The van der Waals surface area contributed by atoms with Crippen LogP contribution in [0.2, 0.25) is 0 Å². The topological polar surface area (TPSA) is 60.2 Å². The van der Waals surface area contributed by atoms with Gasteiger partial charge in [-0.3, -0.25) is 4.79 Å². The number of carbonyl (C=O) groups excluding carboxylic acids is 1. The van der Waals surface area contributed by atoms with Gasteiger partial charge in [-0.2, -0.15) is 0 Å². The molecule has 0 aliphatic carbocycles. The summed E-state index contributed by atoms with van der Waals surface area (Å²) in [6.45, 7) is 5.93. The molecule has 1 aliphatic heterocycles. The number of likely N-dealkylation sites (tertiary alicyclic amines) is 1. The Labute approximate surface area is 148 Å². The van der Waals surface area contributed by atoms with Crippen molar-refractivity contribution in [1.82, 2.24) is 19.7 Å². The predicted octanol–water partition coefficient (Wildman–Crippen LogP) is 2.72. The molecule has 2 aromatic rings. The summed E-state index contributed by atoms with van der Waals surface area (Å²) >= 11 is 0. The number of piperidine rings is 1. The molecular weight excluding hydrogens is 316 g/mol. The highest BCUT2D eigenvalue weighted by atomic mass is 16.5. The van der Waals surface area contributed by atoms with Gasteiger partial charge in [-0.25, -0.2) is 0 Å². The minimum Gasteiger partial charge on any atom is -0.484 e. The summed E-state index contributed by atoms with van der Waals surface area (Å²) in [6, 6.07) is 9.82. The predicted molar refractivity (Wildman–Crippen MR) is 95.4 cm³/mol. The van der Waals surface area contributed by atoms with Gasteiger partial charge in [0.15, 0.2) is 6.61 Å². The Morgan fingerprint density at radius 2 is 2.12 bits per heavy atom. The van der Waals surface area contributed by atoms with E-state index in [0.717, 1.165) is 43.9 Å². The number of nitrogens with zero attached hydrogens (tertiary/aromatic N) is 4. The summed E-state index contributed by atoms with van der Waals surface area (Å²) in [5, 5.41) is 8.30. The molecule has 3 rings (SSSR count). The molecule has 0 bridgehead atoms. The van der Waals surface area contributed by atoms with Crippen molar-refractivity contribution in [2.75, 3.05) is 19.7 Å². The van der Waals surface area contributed by atoms with Crippen LogP contribution >= 0.6 is 0 Å². The Bertz CT molecular complexity index is 684. The number of ether oxygens (including phenoxy) is 1. The molecule has 1 fully saturated rings. The average molecular weight is 342 g/mol. The third-order valence-corrected chi connectivity index (χ3v) is 4.65. The van der Waals surface area contributed by atoms with Crippen molar-refractivity contribution in [2.45, 2.75) is 39.2 Å². The summed E-state index contributed by atoms with van der Waals surface area (Å²) in [5.74, 6) is 2.22. The molecule has 1 saturated heterocycles. The van der Waals surface area contributed by atoms with Crippen LogP contribution in [-0.2, 0) is 11.2 Å². The molecule has 2 heterocycles. The first kappa shape index (κ1) is 17.5. The van der Waals surface area contributed by atoms with Crippen LogP contribution in [0.15, 0.2) is 36.7 Å². The number of hydrogen-bond acceptors (Lipinski definition) is 4. The van der Waals surface area contributed by atoms with Crippen molar-refractivity contribution < 1.29 is 9.53 Å². The SMILES string of the molecule is CC(C)n1cnnc1CC1CCCN(C(=O)COc2ccccc2)C1.